The third-order valence-corrected chi connectivity index (χ3v) is 4.76. The minimum absolute atomic E-state index is 0.113. The lowest BCUT2D eigenvalue weighted by atomic mass is 10.1. The fraction of sp³-hybridized carbons (Fsp3) is 0.462. The van der Waals surface area contributed by atoms with E-state index < -0.39 is 28.0 Å². The van der Waals surface area contributed by atoms with Gasteiger partial charge in [-0.2, -0.15) is 0 Å². The van der Waals surface area contributed by atoms with Gasteiger partial charge in [0.1, 0.15) is 0 Å². The van der Waals surface area contributed by atoms with E-state index in [2.05, 4.69) is 5.32 Å². The largest absolute Gasteiger partial charge is 0.462 e. The molecule has 0 amide bonds. The summed E-state index contributed by atoms with van der Waals surface area (Å²) in [5.41, 5.74) is 0.962. The standard InChI is InChI=1S/C13H17NO5S/c1-2-19-13(16)9-4-3-5-10(6-9)14-11-7-20(17,18)8-12(11)15/h3-6,11-12,14-15H,2,7-8H2,1H3/t11-,12-/m1/s1. The van der Waals surface area contributed by atoms with Crippen LogP contribution in [0, 0.1) is 0 Å². The number of ether oxygens (including phenoxy) is 1. The van der Waals surface area contributed by atoms with Gasteiger partial charge >= 0.3 is 5.97 Å². The third-order valence-electron chi connectivity index (χ3n) is 3.05. The molecule has 0 unspecified atom stereocenters. The summed E-state index contributed by atoms with van der Waals surface area (Å²) >= 11 is 0. The Bertz CT molecular complexity index is 599. The summed E-state index contributed by atoms with van der Waals surface area (Å²) in [7, 11) is -3.20. The van der Waals surface area contributed by atoms with Gasteiger partial charge in [0.15, 0.2) is 9.84 Å². The summed E-state index contributed by atoms with van der Waals surface area (Å²) in [6, 6.07) is 6.02. The molecule has 1 fully saturated rings. The van der Waals surface area contributed by atoms with Crippen LogP contribution in [0.4, 0.5) is 5.69 Å². The van der Waals surface area contributed by atoms with Crippen LogP contribution in [0.1, 0.15) is 17.3 Å². The number of aliphatic hydroxyl groups excluding tert-OH is 1. The van der Waals surface area contributed by atoms with Crippen LogP contribution < -0.4 is 5.32 Å². The number of benzene rings is 1. The molecule has 0 bridgehead atoms. The maximum Gasteiger partial charge on any atom is 0.338 e. The highest BCUT2D eigenvalue weighted by Crippen LogP contribution is 2.19. The van der Waals surface area contributed by atoms with Crippen molar-refractivity contribution in [2.75, 3.05) is 23.4 Å². The number of esters is 1. The van der Waals surface area contributed by atoms with E-state index in [1.54, 1.807) is 31.2 Å². The van der Waals surface area contributed by atoms with Crippen LogP contribution in [0.25, 0.3) is 0 Å². The molecule has 1 aliphatic rings. The van der Waals surface area contributed by atoms with Crippen molar-refractivity contribution in [2.45, 2.75) is 19.1 Å². The second kappa shape index (κ2) is 5.80. The SMILES string of the molecule is CCOC(=O)c1cccc(N[C@@H]2CS(=O)(=O)C[C@H]2O)c1. The number of nitrogens with one attached hydrogen (secondary N) is 1. The molecule has 1 aliphatic heterocycles. The lowest BCUT2D eigenvalue weighted by molar-refractivity contribution is 0.0526. The second-order valence-electron chi connectivity index (χ2n) is 4.70. The average Bonchev–Trinajstić information content (AvgIpc) is 2.63. The molecule has 2 atom stereocenters. The van der Waals surface area contributed by atoms with Crippen molar-refractivity contribution in [3.8, 4) is 0 Å². The average molecular weight is 299 g/mol. The van der Waals surface area contributed by atoms with E-state index >= 15 is 0 Å². The van der Waals surface area contributed by atoms with Gasteiger partial charge in [-0.15, -0.1) is 0 Å². The van der Waals surface area contributed by atoms with Gasteiger partial charge in [-0.1, -0.05) is 6.07 Å². The van der Waals surface area contributed by atoms with E-state index in [0.29, 0.717) is 11.3 Å². The van der Waals surface area contributed by atoms with Crippen LogP contribution in [-0.4, -0.2) is 49.8 Å². The first-order valence-corrected chi connectivity index (χ1v) is 8.15. The summed E-state index contributed by atoms with van der Waals surface area (Å²) in [4.78, 5) is 11.6. The number of carbonyl (C=O) groups excluding carboxylic acids is 1. The number of hydrogen-bond acceptors (Lipinski definition) is 6. The Labute approximate surface area is 117 Å². The highest BCUT2D eigenvalue weighted by atomic mass is 32.2. The van der Waals surface area contributed by atoms with E-state index in [-0.39, 0.29) is 18.1 Å². The zero-order chi connectivity index (χ0) is 14.8. The van der Waals surface area contributed by atoms with Crippen LogP contribution >= 0.6 is 0 Å². The van der Waals surface area contributed by atoms with E-state index in [9.17, 15) is 18.3 Å². The van der Waals surface area contributed by atoms with E-state index in [1.807, 2.05) is 0 Å². The van der Waals surface area contributed by atoms with Gasteiger partial charge in [0.2, 0.25) is 0 Å². The fourth-order valence-corrected chi connectivity index (χ4v) is 3.87. The van der Waals surface area contributed by atoms with Gasteiger partial charge in [-0.3, -0.25) is 0 Å². The van der Waals surface area contributed by atoms with Crippen molar-refractivity contribution in [3.05, 3.63) is 29.8 Å². The van der Waals surface area contributed by atoms with Crippen molar-refractivity contribution in [1.82, 2.24) is 0 Å². The van der Waals surface area contributed by atoms with Crippen LogP contribution in [-0.2, 0) is 14.6 Å². The Kier molecular flexibility index (Phi) is 4.29. The molecular formula is C13H17NO5S. The smallest absolute Gasteiger partial charge is 0.338 e. The van der Waals surface area contributed by atoms with Crippen molar-refractivity contribution in [3.63, 3.8) is 0 Å². The summed E-state index contributed by atoms with van der Waals surface area (Å²) in [6.45, 7) is 2.01. The highest BCUT2D eigenvalue weighted by molar-refractivity contribution is 7.91. The van der Waals surface area contributed by atoms with E-state index in [1.165, 1.54) is 0 Å². The molecule has 2 N–H and O–H groups in total. The number of anilines is 1. The Morgan fingerprint density at radius 3 is 2.80 bits per heavy atom. The second-order valence-corrected chi connectivity index (χ2v) is 6.85. The van der Waals surface area contributed by atoms with Gasteiger partial charge in [0.05, 0.1) is 35.8 Å². The van der Waals surface area contributed by atoms with E-state index in [4.69, 9.17) is 4.74 Å². The van der Waals surface area contributed by atoms with Gasteiger partial charge in [-0.25, -0.2) is 13.2 Å². The maximum absolute atomic E-state index is 11.6. The summed E-state index contributed by atoms with van der Waals surface area (Å²) in [6.07, 6.45) is -0.939. The topological polar surface area (TPSA) is 92.7 Å². The predicted molar refractivity (Wildman–Crippen MR) is 74.5 cm³/mol. The molecule has 2 rings (SSSR count). The molecule has 110 valence electrons. The summed E-state index contributed by atoms with van der Waals surface area (Å²) in [5, 5.41) is 12.7. The first kappa shape index (κ1) is 14.8. The minimum atomic E-state index is -3.20. The molecule has 1 heterocycles. The van der Waals surface area contributed by atoms with Crippen molar-refractivity contribution >= 4 is 21.5 Å². The molecular weight excluding hydrogens is 282 g/mol. The van der Waals surface area contributed by atoms with Crippen LogP contribution in [0.3, 0.4) is 0 Å². The highest BCUT2D eigenvalue weighted by Gasteiger charge is 2.36. The third kappa shape index (κ3) is 3.49. The molecule has 0 spiro atoms. The zero-order valence-corrected chi connectivity index (χ0v) is 11.9. The molecule has 0 radical (unpaired) electrons. The number of aliphatic hydroxyl groups is 1. The zero-order valence-electron chi connectivity index (χ0n) is 11.1. The predicted octanol–water partition coefficient (Wildman–Crippen LogP) is 0.433. The Hall–Kier alpha value is -1.60. The van der Waals surface area contributed by atoms with Crippen LogP contribution in [0.5, 0.6) is 0 Å². The fourth-order valence-electron chi connectivity index (χ4n) is 2.13. The lowest BCUT2D eigenvalue weighted by Gasteiger charge is -2.16. The first-order valence-electron chi connectivity index (χ1n) is 6.33. The van der Waals surface area contributed by atoms with Crippen molar-refractivity contribution < 1.29 is 23.1 Å². The maximum atomic E-state index is 11.6. The van der Waals surface area contributed by atoms with Gasteiger partial charge in [-0.05, 0) is 25.1 Å². The molecule has 0 aliphatic carbocycles. The molecule has 1 aromatic carbocycles. The molecule has 6 nitrogen and oxygen atoms in total. The van der Waals surface area contributed by atoms with E-state index in [0.717, 1.165) is 0 Å². The van der Waals surface area contributed by atoms with Gasteiger partial charge < -0.3 is 15.2 Å². The first-order chi connectivity index (χ1) is 9.41. The molecule has 1 saturated heterocycles. The van der Waals surface area contributed by atoms with Crippen LogP contribution in [0.2, 0.25) is 0 Å². The lowest BCUT2D eigenvalue weighted by Crippen LogP contribution is -2.31. The Balaban J connectivity index is 2.11. The molecule has 0 saturated carbocycles. The number of rotatable bonds is 4. The molecule has 20 heavy (non-hydrogen) atoms. The minimum Gasteiger partial charge on any atom is -0.462 e. The normalized spacial score (nSPS) is 24.3. The monoisotopic (exact) mass is 299 g/mol. The quantitative estimate of drug-likeness (QED) is 0.783. The van der Waals surface area contributed by atoms with Crippen molar-refractivity contribution in [1.29, 1.82) is 0 Å². The molecule has 1 aromatic rings. The van der Waals surface area contributed by atoms with Crippen molar-refractivity contribution in [2.24, 2.45) is 0 Å². The number of carbonyl (C=O) groups is 1. The molecule has 7 heteroatoms. The summed E-state index contributed by atoms with van der Waals surface area (Å²) in [5.74, 6) is -0.782. The summed E-state index contributed by atoms with van der Waals surface area (Å²) < 4.78 is 27.8. The van der Waals surface area contributed by atoms with Gasteiger partial charge in [0.25, 0.3) is 0 Å². The van der Waals surface area contributed by atoms with Gasteiger partial charge in [0, 0.05) is 5.69 Å². The van der Waals surface area contributed by atoms with Crippen LogP contribution in [0.15, 0.2) is 24.3 Å². The molecule has 0 aromatic heterocycles. The Morgan fingerprint density at radius 2 is 2.20 bits per heavy atom. The number of sulfone groups is 1. The number of hydrogen-bond donors (Lipinski definition) is 2. The Morgan fingerprint density at radius 1 is 1.45 bits per heavy atom.